The molecule has 1 rings (SSSR count). The van der Waals surface area contributed by atoms with E-state index in [2.05, 4.69) is 5.32 Å². The van der Waals surface area contributed by atoms with Gasteiger partial charge in [-0.2, -0.15) is 0 Å². The van der Waals surface area contributed by atoms with Gasteiger partial charge in [0, 0.05) is 23.2 Å². The van der Waals surface area contributed by atoms with Crippen molar-refractivity contribution in [2.24, 2.45) is 0 Å². The lowest BCUT2D eigenvalue weighted by atomic mass is 10.1. The molecule has 0 aliphatic heterocycles. The van der Waals surface area contributed by atoms with Crippen LogP contribution < -0.4 is 5.32 Å². The van der Waals surface area contributed by atoms with Crippen molar-refractivity contribution in [1.29, 1.82) is 0 Å². The average Bonchev–Trinajstić information content (AvgIpc) is 2.34. The Morgan fingerprint density at radius 1 is 1.44 bits per heavy atom. The molecule has 0 aliphatic carbocycles. The van der Waals surface area contributed by atoms with Crippen molar-refractivity contribution >= 4 is 17.6 Å². The number of nitrogens with one attached hydrogen (secondary N) is 1. The molecule has 1 atom stereocenters. The Morgan fingerprint density at radius 3 is 2.56 bits per heavy atom. The number of carboxylic acids is 1. The minimum Gasteiger partial charge on any atom is -0.478 e. The number of carbonyl (C=O) groups is 1. The summed E-state index contributed by atoms with van der Waals surface area (Å²) in [4.78, 5) is 10.8. The molecule has 0 amide bonds. The SMILES string of the molecule is CC/C(=C/CN[C@@H](C)c1ccc(Cl)cc1)C(=O)O. The quantitative estimate of drug-likeness (QED) is 0.777. The van der Waals surface area contributed by atoms with Gasteiger partial charge in [-0.1, -0.05) is 36.7 Å². The number of rotatable bonds is 6. The fraction of sp³-hybridized carbons (Fsp3) is 0.357. The standard InChI is InChI=1S/C14H18ClNO2/c1-3-11(14(17)18)8-9-16-10(2)12-4-6-13(15)7-5-12/h4-8,10,16H,3,9H2,1-2H3,(H,17,18)/b11-8-/t10-/m0/s1. The van der Waals surface area contributed by atoms with Gasteiger partial charge >= 0.3 is 5.97 Å². The van der Waals surface area contributed by atoms with Crippen molar-refractivity contribution in [1.82, 2.24) is 5.32 Å². The van der Waals surface area contributed by atoms with Crippen molar-refractivity contribution in [3.63, 3.8) is 0 Å². The zero-order valence-corrected chi connectivity index (χ0v) is 11.4. The maximum Gasteiger partial charge on any atom is 0.331 e. The van der Waals surface area contributed by atoms with E-state index in [0.29, 0.717) is 23.6 Å². The van der Waals surface area contributed by atoms with E-state index in [9.17, 15) is 4.79 Å². The first kappa shape index (κ1) is 14.7. The summed E-state index contributed by atoms with van der Waals surface area (Å²) in [6.45, 7) is 4.41. The summed E-state index contributed by atoms with van der Waals surface area (Å²) < 4.78 is 0. The molecule has 4 heteroatoms. The van der Waals surface area contributed by atoms with Gasteiger partial charge < -0.3 is 10.4 Å². The second kappa shape index (κ2) is 7.19. The van der Waals surface area contributed by atoms with E-state index in [1.807, 2.05) is 38.1 Å². The molecule has 0 aromatic heterocycles. The summed E-state index contributed by atoms with van der Waals surface area (Å²) in [7, 11) is 0. The van der Waals surface area contributed by atoms with Gasteiger partial charge in [0.15, 0.2) is 0 Å². The second-order valence-electron chi connectivity index (χ2n) is 4.07. The van der Waals surface area contributed by atoms with Gasteiger partial charge in [0.2, 0.25) is 0 Å². The third-order valence-electron chi connectivity index (χ3n) is 2.80. The fourth-order valence-corrected chi connectivity index (χ4v) is 1.74. The predicted octanol–water partition coefficient (Wildman–Crippen LogP) is 3.41. The lowest BCUT2D eigenvalue weighted by molar-refractivity contribution is -0.132. The lowest BCUT2D eigenvalue weighted by Gasteiger charge is -2.13. The number of hydrogen-bond donors (Lipinski definition) is 2. The first-order valence-corrected chi connectivity index (χ1v) is 6.33. The van der Waals surface area contributed by atoms with E-state index in [1.165, 1.54) is 0 Å². The third-order valence-corrected chi connectivity index (χ3v) is 3.05. The van der Waals surface area contributed by atoms with E-state index in [4.69, 9.17) is 16.7 Å². The Morgan fingerprint density at radius 2 is 2.06 bits per heavy atom. The Hall–Kier alpha value is -1.32. The maximum absolute atomic E-state index is 10.8. The van der Waals surface area contributed by atoms with Crippen LogP contribution in [0, 0.1) is 0 Å². The van der Waals surface area contributed by atoms with Crippen molar-refractivity contribution in [3.05, 3.63) is 46.5 Å². The van der Waals surface area contributed by atoms with Gasteiger partial charge in [-0.05, 0) is 31.0 Å². The van der Waals surface area contributed by atoms with Crippen LogP contribution in [0.3, 0.4) is 0 Å². The van der Waals surface area contributed by atoms with Crippen LogP contribution in [-0.4, -0.2) is 17.6 Å². The zero-order chi connectivity index (χ0) is 13.5. The highest BCUT2D eigenvalue weighted by molar-refractivity contribution is 6.30. The summed E-state index contributed by atoms with van der Waals surface area (Å²) in [5.41, 5.74) is 1.56. The molecule has 0 fully saturated rings. The summed E-state index contributed by atoms with van der Waals surface area (Å²) in [5, 5.41) is 12.8. The molecule has 1 aromatic rings. The predicted molar refractivity (Wildman–Crippen MR) is 73.9 cm³/mol. The highest BCUT2D eigenvalue weighted by Crippen LogP contribution is 2.15. The first-order chi connectivity index (χ1) is 8.54. The lowest BCUT2D eigenvalue weighted by Crippen LogP contribution is -2.19. The van der Waals surface area contributed by atoms with Crippen LogP contribution in [0.2, 0.25) is 5.02 Å². The highest BCUT2D eigenvalue weighted by Gasteiger charge is 2.05. The highest BCUT2D eigenvalue weighted by atomic mass is 35.5. The number of carboxylic acid groups (broad SMARTS) is 1. The normalized spacial score (nSPS) is 13.4. The largest absolute Gasteiger partial charge is 0.478 e. The molecular formula is C14H18ClNO2. The van der Waals surface area contributed by atoms with Gasteiger partial charge in [0.05, 0.1) is 0 Å². The molecule has 98 valence electrons. The van der Waals surface area contributed by atoms with Crippen molar-refractivity contribution in [2.75, 3.05) is 6.54 Å². The molecule has 0 spiro atoms. The summed E-state index contributed by atoms with van der Waals surface area (Å²) >= 11 is 5.82. The Labute approximate surface area is 112 Å². The molecule has 1 aromatic carbocycles. The van der Waals surface area contributed by atoms with Crippen LogP contribution in [0.4, 0.5) is 0 Å². The number of halogens is 1. The summed E-state index contributed by atoms with van der Waals surface area (Å²) in [6.07, 6.45) is 2.25. The molecule has 0 radical (unpaired) electrons. The van der Waals surface area contributed by atoms with Crippen LogP contribution in [-0.2, 0) is 4.79 Å². The van der Waals surface area contributed by atoms with Crippen molar-refractivity contribution in [2.45, 2.75) is 26.3 Å². The van der Waals surface area contributed by atoms with Crippen LogP contribution in [0.15, 0.2) is 35.9 Å². The van der Waals surface area contributed by atoms with Gasteiger partial charge in [0.25, 0.3) is 0 Å². The van der Waals surface area contributed by atoms with Crippen molar-refractivity contribution in [3.8, 4) is 0 Å². The van der Waals surface area contributed by atoms with Crippen LogP contribution >= 0.6 is 11.6 Å². The fourth-order valence-electron chi connectivity index (χ4n) is 1.61. The zero-order valence-electron chi connectivity index (χ0n) is 10.6. The summed E-state index contributed by atoms with van der Waals surface area (Å²) in [6, 6.07) is 7.77. The molecule has 0 saturated carbocycles. The van der Waals surface area contributed by atoms with Crippen LogP contribution in [0.25, 0.3) is 0 Å². The monoisotopic (exact) mass is 267 g/mol. The molecule has 0 unspecified atom stereocenters. The molecule has 3 nitrogen and oxygen atoms in total. The van der Waals surface area contributed by atoms with Crippen LogP contribution in [0.5, 0.6) is 0 Å². The minimum atomic E-state index is -0.849. The van der Waals surface area contributed by atoms with Gasteiger partial charge in [-0.25, -0.2) is 4.79 Å². The average molecular weight is 268 g/mol. The number of aliphatic carboxylic acids is 1. The smallest absolute Gasteiger partial charge is 0.331 e. The van der Waals surface area contributed by atoms with E-state index >= 15 is 0 Å². The minimum absolute atomic E-state index is 0.158. The van der Waals surface area contributed by atoms with Gasteiger partial charge in [0.1, 0.15) is 0 Å². The summed E-state index contributed by atoms with van der Waals surface area (Å²) in [5.74, 6) is -0.849. The molecule has 0 heterocycles. The van der Waals surface area contributed by atoms with Gasteiger partial charge in [-0.15, -0.1) is 0 Å². The topological polar surface area (TPSA) is 49.3 Å². The molecule has 0 aliphatic rings. The van der Waals surface area contributed by atoms with Gasteiger partial charge in [-0.3, -0.25) is 0 Å². The van der Waals surface area contributed by atoms with Crippen molar-refractivity contribution < 1.29 is 9.90 Å². The van der Waals surface area contributed by atoms with Crippen LogP contribution in [0.1, 0.15) is 31.9 Å². The van der Waals surface area contributed by atoms with E-state index in [-0.39, 0.29) is 6.04 Å². The second-order valence-corrected chi connectivity index (χ2v) is 4.51. The first-order valence-electron chi connectivity index (χ1n) is 5.95. The Kier molecular flexibility index (Phi) is 5.89. The third kappa shape index (κ3) is 4.51. The Bertz CT molecular complexity index is 426. The van der Waals surface area contributed by atoms with E-state index in [1.54, 1.807) is 6.08 Å². The van der Waals surface area contributed by atoms with E-state index in [0.717, 1.165) is 5.56 Å². The Balaban J connectivity index is 2.53. The van der Waals surface area contributed by atoms with E-state index < -0.39 is 5.97 Å². The molecule has 0 saturated heterocycles. The molecule has 2 N–H and O–H groups in total. The maximum atomic E-state index is 10.8. The number of benzene rings is 1. The molecule has 18 heavy (non-hydrogen) atoms. The molecule has 0 bridgehead atoms. The number of hydrogen-bond acceptors (Lipinski definition) is 2. The molecular weight excluding hydrogens is 250 g/mol.